The Balaban J connectivity index is 1.98. The van der Waals surface area contributed by atoms with Gasteiger partial charge in [0.1, 0.15) is 5.84 Å². The highest BCUT2D eigenvalue weighted by molar-refractivity contribution is 5.95. The number of rotatable bonds is 3. The Hall–Kier alpha value is -1.39. The van der Waals surface area contributed by atoms with E-state index in [-0.39, 0.29) is 11.9 Å². The summed E-state index contributed by atoms with van der Waals surface area (Å²) in [5.74, 6) is 0.112. The van der Waals surface area contributed by atoms with Gasteiger partial charge in [0.25, 0.3) is 0 Å². The Bertz CT molecular complexity index is 397. The molecule has 0 aliphatic carbocycles. The van der Waals surface area contributed by atoms with Gasteiger partial charge in [-0.1, -0.05) is 18.2 Å². The SMILES string of the molecule is N=C(N)c1cccc(CN2CCC(O)CC2)c1. The maximum absolute atomic E-state index is 9.44. The molecule has 0 bridgehead atoms. The lowest BCUT2D eigenvalue weighted by molar-refractivity contribution is 0.0792. The molecule has 0 aromatic heterocycles. The quantitative estimate of drug-likeness (QED) is 0.537. The van der Waals surface area contributed by atoms with Gasteiger partial charge in [-0.05, 0) is 24.5 Å². The first-order valence-electron chi connectivity index (χ1n) is 5.99. The van der Waals surface area contributed by atoms with E-state index in [1.807, 2.05) is 18.2 Å². The molecule has 1 aliphatic heterocycles. The van der Waals surface area contributed by atoms with Crippen LogP contribution >= 0.6 is 0 Å². The molecule has 0 amide bonds. The van der Waals surface area contributed by atoms with Crippen LogP contribution in [0.3, 0.4) is 0 Å². The van der Waals surface area contributed by atoms with E-state index in [9.17, 15) is 5.11 Å². The van der Waals surface area contributed by atoms with Crippen LogP contribution in [0.25, 0.3) is 0 Å². The van der Waals surface area contributed by atoms with Gasteiger partial charge in [0.2, 0.25) is 0 Å². The first kappa shape index (κ1) is 12.1. The number of nitrogen functional groups attached to an aromatic ring is 1. The number of aliphatic hydroxyl groups excluding tert-OH is 1. The molecule has 2 rings (SSSR count). The third-order valence-corrected chi connectivity index (χ3v) is 3.20. The summed E-state index contributed by atoms with van der Waals surface area (Å²) in [6.07, 6.45) is 1.58. The molecule has 4 N–H and O–H groups in total. The summed E-state index contributed by atoms with van der Waals surface area (Å²) >= 11 is 0. The molecule has 1 saturated heterocycles. The van der Waals surface area contributed by atoms with Crippen LogP contribution in [0.1, 0.15) is 24.0 Å². The fourth-order valence-electron chi connectivity index (χ4n) is 2.17. The Kier molecular flexibility index (Phi) is 3.76. The fraction of sp³-hybridized carbons (Fsp3) is 0.462. The van der Waals surface area contributed by atoms with Gasteiger partial charge < -0.3 is 10.8 Å². The van der Waals surface area contributed by atoms with Crippen LogP contribution < -0.4 is 5.73 Å². The Morgan fingerprint density at radius 2 is 2.12 bits per heavy atom. The molecule has 17 heavy (non-hydrogen) atoms. The molecule has 0 atom stereocenters. The highest BCUT2D eigenvalue weighted by atomic mass is 16.3. The third-order valence-electron chi connectivity index (χ3n) is 3.20. The predicted octanol–water partition coefficient (Wildman–Crippen LogP) is 0.927. The normalized spacial score (nSPS) is 18.2. The number of nitrogens with zero attached hydrogens (tertiary/aromatic N) is 1. The first-order chi connectivity index (χ1) is 8.15. The molecular weight excluding hydrogens is 214 g/mol. The molecule has 0 spiro atoms. The molecule has 1 aromatic carbocycles. The van der Waals surface area contributed by atoms with Crippen molar-refractivity contribution in [1.82, 2.24) is 4.90 Å². The summed E-state index contributed by atoms with van der Waals surface area (Å²) in [4.78, 5) is 2.33. The molecule has 92 valence electrons. The second-order valence-electron chi connectivity index (χ2n) is 4.62. The average Bonchev–Trinajstić information content (AvgIpc) is 2.32. The van der Waals surface area contributed by atoms with Crippen molar-refractivity contribution in [3.8, 4) is 0 Å². The van der Waals surface area contributed by atoms with Gasteiger partial charge in [-0.2, -0.15) is 0 Å². The van der Waals surface area contributed by atoms with Crippen LogP contribution in [-0.4, -0.2) is 35.0 Å². The Labute approximate surface area is 102 Å². The number of hydrogen-bond acceptors (Lipinski definition) is 3. The van der Waals surface area contributed by atoms with E-state index in [4.69, 9.17) is 11.1 Å². The minimum atomic E-state index is -0.130. The van der Waals surface area contributed by atoms with Gasteiger partial charge in [0.15, 0.2) is 0 Å². The molecule has 1 aromatic rings. The zero-order valence-electron chi connectivity index (χ0n) is 9.89. The number of piperidine rings is 1. The number of likely N-dealkylation sites (tertiary alicyclic amines) is 1. The van der Waals surface area contributed by atoms with Gasteiger partial charge in [0.05, 0.1) is 6.10 Å². The van der Waals surface area contributed by atoms with E-state index in [0.29, 0.717) is 0 Å². The van der Waals surface area contributed by atoms with E-state index in [0.717, 1.165) is 38.0 Å². The summed E-state index contributed by atoms with van der Waals surface area (Å²) in [7, 11) is 0. The van der Waals surface area contributed by atoms with E-state index >= 15 is 0 Å². The third kappa shape index (κ3) is 3.28. The molecule has 4 nitrogen and oxygen atoms in total. The van der Waals surface area contributed by atoms with Crippen LogP contribution in [0.15, 0.2) is 24.3 Å². The van der Waals surface area contributed by atoms with Crippen molar-refractivity contribution in [3.05, 3.63) is 35.4 Å². The van der Waals surface area contributed by atoms with Crippen molar-refractivity contribution in [3.63, 3.8) is 0 Å². The lowest BCUT2D eigenvalue weighted by atomic mass is 10.1. The second-order valence-corrected chi connectivity index (χ2v) is 4.62. The summed E-state index contributed by atoms with van der Waals surface area (Å²) < 4.78 is 0. The molecule has 1 aliphatic rings. The minimum Gasteiger partial charge on any atom is -0.393 e. The Morgan fingerprint density at radius 1 is 1.41 bits per heavy atom. The lowest BCUT2D eigenvalue weighted by Crippen LogP contribution is -2.35. The maximum Gasteiger partial charge on any atom is 0.122 e. The zero-order chi connectivity index (χ0) is 12.3. The molecule has 4 heteroatoms. The van der Waals surface area contributed by atoms with Crippen LogP contribution in [0, 0.1) is 5.41 Å². The monoisotopic (exact) mass is 233 g/mol. The lowest BCUT2D eigenvalue weighted by Gasteiger charge is -2.29. The van der Waals surface area contributed by atoms with Crippen LogP contribution in [0.5, 0.6) is 0 Å². The molecule has 0 saturated carbocycles. The van der Waals surface area contributed by atoms with E-state index in [1.54, 1.807) is 0 Å². The van der Waals surface area contributed by atoms with Crippen molar-refractivity contribution in [2.75, 3.05) is 13.1 Å². The van der Waals surface area contributed by atoms with Gasteiger partial charge in [-0.3, -0.25) is 10.3 Å². The molecule has 1 heterocycles. The van der Waals surface area contributed by atoms with Crippen LogP contribution in [0.4, 0.5) is 0 Å². The van der Waals surface area contributed by atoms with Crippen molar-refractivity contribution < 1.29 is 5.11 Å². The summed E-state index contributed by atoms with van der Waals surface area (Å²) in [6, 6.07) is 7.81. The van der Waals surface area contributed by atoms with Gasteiger partial charge >= 0.3 is 0 Å². The predicted molar refractivity (Wildman–Crippen MR) is 68.0 cm³/mol. The summed E-state index contributed by atoms with van der Waals surface area (Å²) in [5.41, 5.74) is 7.42. The fourth-order valence-corrected chi connectivity index (χ4v) is 2.17. The zero-order valence-corrected chi connectivity index (χ0v) is 9.89. The summed E-state index contributed by atoms with van der Waals surface area (Å²) in [6.45, 7) is 2.74. The van der Waals surface area contributed by atoms with Crippen LogP contribution in [0.2, 0.25) is 0 Å². The standard InChI is InChI=1S/C13H19N3O/c14-13(15)11-3-1-2-10(8-11)9-16-6-4-12(17)5-7-16/h1-3,8,12,17H,4-7,9H2,(H3,14,15). The topological polar surface area (TPSA) is 73.3 Å². The van der Waals surface area contributed by atoms with Crippen LogP contribution in [-0.2, 0) is 6.54 Å². The number of amidine groups is 1. The smallest absolute Gasteiger partial charge is 0.122 e. The number of benzene rings is 1. The average molecular weight is 233 g/mol. The first-order valence-corrected chi connectivity index (χ1v) is 5.99. The largest absolute Gasteiger partial charge is 0.393 e. The van der Waals surface area contributed by atoms with E-state index in [2.05, 4.69) is 11.0 Å². The molecule has 0 radical (unpaired) electrons. The maximum atomic E-state index is 9.44. The second kappa shape index (κ2) is 5.29. The van der Waals surface area contributed by atoms with Gasteiger partial charge in [-0.25, -0.2) is 0 Å². The highest BCUT2D eigenvalue weighted by Crippen LogP contribution is 2.14. The number of aliphatic hydroxyl groups is 1. The van der Waals surface area contributed by atoms with E-state index in [1.165, 1.54) is 5.56 Å². The van der Waals surface area contributed by atoms with Crippen molar-refractivity contribution in [2.45, 2.75) is 25.5 Å². The molecule has 1 fully saturated rings. The number of hydrogen-bond donors (Lipinski definition) is 3. The molecule has 0 unspecified atom stereocenters. The van der Waals surface area contributed by atoms with Gasteiger partial charge in [0, 0.05) is 25.2 Å². The minimum absolute atomic E-state index is 0.112. The van der Waals surface area contributed by atoms with Crippen molar-refractivity contribution in [1.29, 1.82) is 5.41 Å². The highest BCUT2D eigenvalue weighted by Gasteiger charge is 2.16. The number of nitrogens with two attached hydrogens (primary N) is 1. The summed E-state index contributed by atoms with van der Waals surface area (Å²) in [5, 5.41) is 16.8. The van der Waals surface area contributed by atoms with E-state index < -0.39 is 0 Å². The Morgan fingerprint density at radius 3 is 2.76 bits per heavy atom. The number of nitrogens with one attached hydrogen (secondary N) is 1. The van der Waals surface area contributed by atoms with Crippen molar-refractivity contribution in [2.24, 2.45) is 5.73 Å². The van der Waals surface area contributed by atoms with Gasteiger partial charge in [-0.15, -0.1) is 0 Å². The molecular formula is C13H19N3O. The van der Waals surface area contributed by atoms with Crippen molar-refractivity contribution >= 4 is 5.84 Å².